The highest BCUT2D eigenvalue weighted by molar-refractivity contribution is 7.90. The molecule has 0 aliphatic rings. The monoisotopic (exact) mass is 404 g/mol. The lowest BCUT2D eigenvalue weighted by Gasteiger charge is -2.16. The largest absolute Gasteiger partial charge is 0.479 e. The predicted molar refractivity (Wildman–Crippen MR) is 93.8 cm³/mol. The van der Waals surface area contributed by atoms with Crippen LogP contribution in [-0.2, 0) is 14.6 Å². The van der Waals surface area contributed by atoms with Crippen LogP contribution in [0.5, 0.6) is 17.2 Å². The smallest absolute Gasteiger partial charge is 0.344 e. The minimum absolute atomic E-state index is 0.0481. The van der Waals surface area contributed by atoms with Crippen LogP contribution < -0.4 is 9.47 Å². The van der Waals surface area contributed by atoms with E-state index in [1.807, 2.05) is 0 Å². The van der Waals surface area contributed by atoms with E-state index in [0.29, 0.717) is 5.02 Å². The molecule has 0 bridgehead atoms. The highest BCUT2D eigenvalue weighted by Gasteiger charge is 2.18. The molecule has 0 aliphatic heterocycles. The van der Waals surface area contributed by atoms with E-state index < -0.39 is 21.9 Å². The van der Waals surface area contributed by atoms with Crippen molar-refractivity contribution in [1.82, 2.24) is 0 Å². The maximum atomic E-state index is 11.5. The Kier molecular flexibility index (Phi) is 5.82. The molecule has 2 aromatic rings. The molecule has 0 amide bonds. The molecule has 0 saturated heterocycles. The van der Waals surface area contributed by atoms with Crippen molar-refractivity contribution < 1.29 is 27.8 Å². The van der Waals surface area contributed by atoms with Crippen LogP contribution >= 0.6 is 23.2 Å². The van der Waals surface area contributed by atoms with E-state index in [1.165, 1.54) is 43.3 Å². The van der Waals surface area contributed by atoms with Crippen molar-refractivity contribution in [2.75, 3.05) is 6.26 Å². The normalized spacial score (nSPS) is 12.5. The zero-order valence-electron chi connectivity index (χ0n) is 13.2. The SMILES string of the molecule is C[C@@H](Oc1ccc(Cl)cc1Oc1ccc(S(C)(=O)=O)cc1Cl)C(=O)O. The van der Waals surface area contributed by atoms with E-state index >= 15 is 0 Å². The van der Waals surface area contributed by atoms with Crippen LogP contribution in [0.4, 0.5) is 0 Å². The summed E-state index contributed by atoms with van der Waals surface area (Å²) < 4.78 is 34.1. The Morgan fingerprint density at radius 1 is 1.08 bits per heavy atom. The molecule has 2 aromatic carbocycles. The van der Waals surface area contributed by atoms with Gasteiger partial charge in [0.05, 0.1) is 9.92 Å². The highest BCUT2D eigenvalue weighted by Crippen LogP contribution is 2.38. The van der Waals surface area contributed by atoms with Gasteiger partial charge in [-0.25, -0.2) is 13.2 Å². The van der Waals surface area contributed by atoms with Gasteiger partial charge >= 0.3 is 5.97 Å². The van der Waals surface area contributed by atoms with Gasteiger partial charge in [-0.1, -0.05) is 23.2 Å². The van der Waals surface area contributed by atoms with Crippen molar-refractivity contribution in [3.8, 4) is 17.2 Å². The second kappa shape index (κ2) is 7.51. The van der Waals surface area contributed by atoms with E-state index in [0.717, 1.165) is 6.26 Å². The molecule has 1 N–H and O–H groups in total. The average Bonchev–Trinajstić information content (AvgIpc) is 2.50. The maximum absolute atomic E-state index is 11.5. The molecule has 9 heteroatoms. The fourth-order valence-corrected chi connectivity index (χ4v) is 2.91. The number of benzene rings is 2. The lowest BCUT2D eigenvalue weighted by atomic mass is 10.3. The summed E-state index contributed by atoms with van der Waals surface area (Å²) in [7, 11) is -3.41. The molecule has 6 nitrogen and oxygen atoms in total. The molecule has 0 aromatic heterocycles. The number of ether oxygens (including phenoxy) is 2. The fourth-order valence-electron chi connectivity index (χ4n) is 1.81. The molecule has 0 fully saturated rings. The zero-order valence-corrected chi connectivity index (χ0v) is 15.5. The maximum Gasteiger partial charge on any atom is 0.344 e. The minimum Gasteiger partial charge on any atom is -0.479 e. The number of hydrogen-bond acceptors (Lipinski definition) is 5. The molecular formula is C16H14Cl2O6S. The van der Waals surface area contributed by atoms with Crippen molar-refractivity contribution in [2.24, 2.45) is 0 Å². The first-order valence-electron chi connectivity index (χ1n) is 6.94. The summed E-state index contributed by atoms with van der Waals surface area (Å²) in [6.07, 6.45) is -0.0401. The lowest BCUT2D eigenvalue weighted by Crippen LogP contribution is -2.23. The van der Waals surface area contributed by atoms with Crippen LogP contribution in [0, 0.1) is 0 Å². The van der Waals surface area contributed by atoms with E-state index in [1.54, 1.807) is 0 Å². The third kappa shape index (κ3) is 5.01. The Morgan fingerprint density at radius 2 is 1.72 bits per heavy atom. The molecule has 134 valence electrons. The fraction of sp³-hybridized carbons (Fsp3) is 0.188. The minimum atomic E-state index is -3.41. The Labute approximate surface area is 154 Å². The van der Waals surface area contributed by atoms with E-state index in [-0.39, 0.29) is 27.2 Å². The third-order valence-electron chi connectivity index (χ3n) is 3.11. The van der Waals surface area contributed by atoms with Gasteiger partial charge in [0.25, 0.3) is 0 Å². The second-order valence-electron chi connectivity index (χ2n) is 5.16. The zero-order chi connectivity index (χ0) is 18.8. The molecule has 25 heavy (non-hydrogen) atoms. The van der Waals surface area contributed by atoms with Gasteiger partial charge < -0.3 is 14.6 Å². The Hall–Kier alpha value is -1.96. The summed E-state index contributed by atoms with van der Waals surface area (Å²) in [6.45, 7) is 1.37. The summed E-state index contributed by atoms with van der Waals surface area (Å²) in [5.41, 5.74) is 0. The molecule has 0 saturated carbocycles. The van der Waals surface area contributed by atoms with Crippen LogP contribution in [-0.4, -0.2) is 31.9 Å². The molecule has 1 atom stereocenters. The van der Waals surface area contributed by atoms with E-state index in [4.69, 9.17) is 37.8 Å². The molecule has 0 radical (unpaired) electrons. The van der Waals surface area contributed by atoms with Gasteiger partial charge in [-0.05, 0) is 37.3 Å². The van der Waals surface area contributed by atoms with Gasteiger partial charge in [0, 0.05) is 17.3 Å². The molecule has 0 heterocycles. The number of carboxylic acids is 1. The van der Waals surface area contributed by atoms with Gasteiger partial charge in [-0.15, -0.1) is 0 Å². The molecule has 2 rings (SSSR count). The first-order valence-corrected chi connectivity index (χ1v) is 9.59. The molecular weight excluding hydrogens is 391 g/mol. The van der Waals surface area contributed by atoms with Crippen molar-refractivity contribution in [1.29, 1.82) is 0 Å². The number of halogens is 2. The van der Waals surface area contributed by atoms with Crippen molar-refractivity contribution in [2.45, 2.75) is 17.9 Å². The number of rotatable bonds is 6. The van der Waals surface area contributed by atoms with Crippen molar-refractivity contribution in [3.63, 3.8) is 0 Å². The lowest BCUT2D eigenvalue weighted by molar-refractivity contribution is -0.144. The van der Waals surface area contributed by atoms with Crippen molar-refractivity contribution >= 4 is 39.0 Å². The van der Waals surface area contributed by atoms with Crippen LogP contribution in [0.1, 0.15) is 6.92 Å². The van der Waals surface area contributed by atoms with Crippen LogP contribution in [0.15, 0.2) is 41.3 Å². The quantitative estimate of drug-likeness (QED) is 0.780. The highest BCUT2D eigenvalue weighted by atomic mass is 35.5. The molecule has 0 aliphatic carbocycles. The number of hydrogen-bond donors (Lipinski definition) is 1. The first-order chi connectivity index (χ1) is 11.6. The first kappa shape index (κ1) is 19.4. The van der Waals surface area contributed by atoms with E-state index in [9.17, 15) is 13.2 Å². The molecule has 0 unspecified atom stereocenters. The Bertz CT molecular complexity index is 911. The summed E-state index contributed by atoms with van der Waals surface area (Å²) in [6, 6.07) is 8.43. The standard InChI is InChI=1S/C16H14Cl2O6S/c1-9(16(19)20)23-14-5-3-10(17)7-15(14)24-13-6-4-11(8-12(13)18)25(2,21)22/h3-9H,1-2H3,(H,19,20)/t9-/m1/s1. The van der Waals surface area contributed by atoms with Crippen molar-refractivity contribution in [3.05, 3.63) is 46.4 Å². The predicted octanol–water partition coefficient (Wildman–Crippen LogP) is 4.04. The number of aliphatic carboxylic acids is 1. The van der Waals surface area contributed by atoms with E-state index in [2.05, 4.69) is 0 Å². The Morgan fingerprint density at radius 3 is 2.28 bits per heavy atom. The topological polar surface area (TPSA) is 89.9 Å². The number of sulfone groups is 1. The van der Waals surface area contributed by atoms with Gasteiger partial charge in [0.1, 0.15) is 5.75 Å². The van der Waals surface area contributed by atoms with Gasteiger partial charge in [-0.3, -0.25) is 0 Å². The van der Waals surface area contributed by atoms with Crippen LogP contribution in [0.3, 0.4) is 0 Å². The summed E-state index contributed by atoms with van der Waals surface area (Å²) in [5.74, 6) is -0.669. The summed E-state index contributed by atoms with van der Waals surface area (Å²) in [5, 5.41) is 9.37. The average molecular weight is 405 g/mol. The van der Waals surface area contributed by atoms with Gasteiger partial charge in [0.15, 0.2) is 27.4 Å². The van der Waals surface area contributed by atoms with Gasteiger partial charge in [-0.2, -0.15) is 0 Å². The third-order valence-corrected chi connectivity index (χ3v) is 4.75. The number of carbonyl (C=O) groups is 1. The molecule has 0 spiro atoms. The number of carboxylic acid groups (broad SMARTS) is 1. The van der Waals surface area contributed by atoms with Gasteiger partial charge in [0.2, 0.25) is 0 Å². The van der Waals surface area contributed by atoms with Crippen LogP contribution in [0.25, 0.3) is 0 Å². The second-order valence-corrected chi connectivity index (χ2v) is 8.02. The summed E-state index contributed by atoms with van der Waals surface area (Å²) >= 11 is 12.0. The van der Waals surface area contributed by atoms with Crippen LogP contribution in [0.2, 0.25) is 10.0 Å². The Balaban J connectivity index is 2.37. The summed E-state index contributed by atoms with van der Waals surface area (Å²) in [4.78, 5) is 11.0.